The van der Waals surface area contributed by atoms with Crippen LogP contribution in [0.25, 0.3) is 0 Å². The van der Waals surface area contributed by atoms with Crippen LogP contribution in [0, 0.1) is 5.92 Å². The number of hydrogen-bond donors (Lipinski definition) is 2. The molecule has 1 amide bonds. The second-order valence-electron chi connectivity index (χ2n) is 5.33. The van der Waals surface area contributed by atoms with Crippen LogP contribution in [0.4, 0.5) is 0 Å². The van der Waals surface area contributed by atoms with E-state index >= 15 is 0 Å². The standard InChI is InChI=1S/C14H17N3O3S/c18-13(16-9-10-5-6-10)7-8-15-14-11-3-1-2-4-12(11)21(19,20)17-14/h1-4,10H,5-9H2,(H,15,17)(H,16,18). The summed E-state index contributed by atoms with van der Waals surface area (Å²) in [7, 11) is -3.50. The zero-order valence-corrected chi connectivity index (χ0v) is 12.3. The van der Waals surface area contributed by atoms with Gasteiger partial charge in [0, 0.05) is 18.5 Å². The summed E-state index contributed by atoms with van der Waals surface area (Å²) in [6.07, 6.45) is 2.66. The molecule has 2 N–H and O–H groups in total. The van der Waals surface area contributed by atoms with Crippen molar-refractivity contribution in [3.05, 3.63) is 29.8 Å². The number of fused-ring (bicyclic) bond motifs is 1. The van der Waals surface area contributed by atoms with Crippen LogP contribution >= 0.6 is 0 Å². The van der Waals surface area contributed by atoms with Crippen LogP contribution in [0.1, 0.15) is 24.8 Å². The topological polar surface area (TPSA) is 87.6 Å². The van der Waals surface area contributed by atoms with E-state index < -0.39 is 10.0 Å². The molecule has 0 bridgehead atoms. The summed E-state index contributed by atoms with van der Waals surface area (Å²) in [5.74, 6) is 0.926. The number of nitrogens with zero attached hydrogens (tertiary/aromatic N) is 1. The quantitative estimate of drug-likeness (QED) is 0.837. The van der Waals surface area contributed by atoms with Crippen molar-refractivity contribution in [1.82, 2.24) is 10.0 Å². The van der Waals surface area contributed by atoms with Crippen LogP contribution in [-0.2, 0) is 14.8 Å². The minimum Gasteiger partial charge on any atom is -0.356 e. The molecule has 1 aromatic rings. The van der Waals surface area contributed by atoms with Crippen LogP contribution in [0.15, 0.2) is 34.2 Å². The Labute approximate surface area is 123 Å². The molecule has 112 valence electrons. The van der Waals surface area contributed by atoms with E-state index in [4.69, 9.17) is 0 Å². The van der Waals surface area contributed by atoms with Crippen molar-refractivity contribution >= 4 is 21.8 Å². The highest BCUT2D eigenvalue weighted by atomic mass is 32.2. The van der Waals surface area contributed by atoms with Crippen molar-refractivity contribution in [2.75, 3.05) is 13.1 Å². The Balaban J connectivity index is 1.61. The number of amidine groups is 1. The SMILES string of the molecule is O=C(CCN=C1NS(=O)(=O)c2ccccc21)NCC1CC1. The summed E-state index contributed by atoms with van der Waals surface area (Å²) in [6, 6.07) is 6.69. The fraction of sp³-hybridized carbons (Fsp3) is 0.429. The number of amides is 1. The molecule has 21 heavy (non-hydrogen) atoms. The molecular formula is C14H17N3O3S. The van der Waals surface area contributed by atoms with Crippen LogP contribution in [0.2, 0.25) is 0 Å². The van der Waals surface area contributed by atoms with Crippen molar-refractivity contribution in [3.63, 3.8) is 0 Å². The zero-order valence-electron chi connectivity index (χ0n) is 11.5. The first-order valence-corrected chi connectivity index (χ1v) is 8.48. The molecule has 0 aromatic heterocycles. The van der Waals surface area contributed by atoms with Gasteiger partial charge in [-0.3, -0.25) is 14.5 Å². The third-order valence-electron chi connectivity index (χ3n) is 3.56. The second kappa shape index (κ2) is 5.48. The Bertz CT molecular complexity index is 693. The summed E-state index contributed by atoms with van der Waals surface area (Å²) in [6.45, 7) is 1.01. The lowest BCUT2D eigenvalue weighted by atomic mass is 10.2. The van der Waals surface area contributed by atoms with Crippen LogP contribution in [0.3, 0.4) is 0 Å². The summed E-state index contributed by atoms with van der Waals surface area (Å²) in [5.41, 5.74) is 0.566. The van der Waals surface area contributed by atoms with E-state index in [1.165, 1.54) is 12.8 Å². The lowest BCUT2D eigenvalue weighted by Gasteiger charge is -2.02. The Kier molecular flexibility index (Phi) is 3.67. The first-order valence-electron chi connectivity index (χ1n) is 6.99. The molecule has 3 rings (SSSR count). The van der Waals surface area contributed by atoms with Crippen LogP contribution < -0.4 is 10.0 Å². The van der Waals surface area contributed by atoms with Gasteiger partial charge in [-0.1, -0.05) is 12.1 Å². The van der Waals surface area contributed by atoms with Gasteiger partial charge < -0.3 is 5.32 Å². The van der Waals surface area contributed by atoms with E-state index in [2.05, 4.69) is 15.0 Å². The number of aliphatic imine (C=N–C) groups is 1. The smallest absolute Gasteiger partial charge is 0.263 e. The Morgan fingerprint density at radius 1 is 1.33 bits per heavy atom. The number of hydrogen-bond acceptors (Lipinski definition) is 4. The molecule has 0 spiro atoms. The Morgan fingerprint density at radius 3 is 2.86 bits per heavy atom. The van der Waals surface area contributed by atoms with Gasteiger partial charge in [0.1, 0.15) is 5.84 Å². The molecule has 2 aliphatic rings. The molecule has 0 saturated heterocycles. The highest BCUT2D eigenvalue weighted by molar-refractivity contribution is 7.90. The van der Waals surface area contributed by atoms with E-state index in [1.54, 1.807) is 24.3 Å². The molecule has 1 heterocycles. The maximum Gasteiger partial charge on any atom is 0.263 e. The molecule has 0 unspecified atom stereocenters. The normalized spacial score (nSPS) is 20.9. The van der Waals surface area contributed by atoms with Crippen molar-refractivity contribution in [2.24, 2.45) is 10.9 Å². The van der Waals surface area contributed by atoms with E-state index in [0.29, 0.717) is 17.3 Å². The number of benzene rings is 1. The molecule has 7 heteroatoms. The van der Waals surface area contributed by atoms with Crippen molar-refractivity contribution < 1.29 is 13.2 Å². The van der Waals surface area contributed by atoms with Gasteiger partial charge in [-0.05, 0) is 30.9 Å². The fourth-order valence-corrected chi connectivity index (χ4v) is 3.44. The average molecular weight is 307 g/mol. The van der Waals surface area contributed by atoms with Gasteiger partial charge in [-0.15, -0.1) is 0 Å². The van der Waals surface area contributed by atoms with Gasteiger partial charge >= 0.3 is 0 Å². The molecule has 6 nitrogen and oxygen atoms in total. The van der Waals surface area contributed by atoms with E-state index in [9.17, 15) is 13.2 Å². The van der Waals surface area contributed by atoms with Gasteiger partial charge in [0.2, 0.25) is 5.91 Å². The van der Waals surface area contributed by atoms with E-state index in [-0.39, 0.29) is 23.8 Å². The Hall–Kier alpha value is -1.89. The van der Waals surface area contributed by atoms with Gasteiger partial charge in [0.15, 0.2) is 0 Å². The first kappa shape index (κ1) is 14.1. The number of nitrogens with one attached hydrogen (secondary N) is 2. The lowest BCUT2D eigenvalue weighted by Crippen LogP contribution is -2.26. The first-order chi connectivity index (χ1) is 10.1. The molecule has 0 radical (unpaired) electrons. The van der Waals surface area contributed by atoms with Crippen molar-refractivity contribution in [1.29, 1.82) is 0 Å². The molecular weight excluding hydrogens is 290 g/mol. The highest BCUT2D eigenvalue weighted by Crippen LogP contribution is 2.27. The second-order valence-corrected chi connectivity index (χ2v) is 6.98. The maximum atomic E-state index is 11.9. The molecule has 1 aliphatic heterocycles. The number of rotatable bonds is 5. The molecule has 1 saturated carbocycles. The number of carbonyl (C=O) groups is 1. The summed E-state index contributed by atoms with van der Waals surface area (Å²) in [4.78, 5) is 16.0. The lowest BCUT2D eigenvalue weighted by molar-refractivity contribution is -0.120. The number of carbonyl (C=O) groups excluding carboxylic acids is 1. The molecule has 1 aromatic carbocycles. The van der Waals surface area contributed by atoms with Crippen molar-refractivity contribution in [3.8, 4) is 0 Å². The fourth-order valence-electron chi connectivity index (χ4n) is 2.19. The van der Waals surface area contributed by atoms with Crippen LogP contribution in [-0.4, -0.2) is 33.3 Å². The van der Waals surface area contributed by atoms with Crippen LogP contribution in [0.5, 0.6) is 0 Å². The number of sulfonamides is 1. The maximum absolute atomic E-state index is 11.9. The van der Waals surface area contributed by atoms with Crippen molar-refractivity contribution in [2.45, 2.75) is 24.2 Å². The summed E-state index contributed by atoms with van der Waals surface area (Å²) >= 11 is 0. The minimum atomic E-state index is -3.50. The predicted octanol–water partition coefficient (Wildman–Crippen LogP) is 0.641. The third-order valence-corrected chi connectivity index (χ3v) is 4.95. The zero-order chi connectivity index (χ0) is 14.9. The summed E-state index contributed by atoms with van der Waals surface area (Å²) in [5, 5.41) is 2.86. The van der Waals surface area contributed by atoms with Gasteiger partial charge in [0.05, 0.1) is 11.4 Å². The predicted molar refractivity (Wildman–Crippen MR) is 78.5 cm³/mol. The van der Waals surface area contributed by atoms with E-state index in [0.717, 1.165) is 6.54 Å². The summed E-state index contributed by atoms with van der Waals surface area (Å²) < 4.78 is 26.2. The molecule has 0 atom stereocenters. The molecule has 1 aliphatic carbocycles. The highest BCUT2D eigenvalue weighted by Gasteiger charge is 2.30. The average Bonchev–Trinajstić information content (AvgIpc) is 3.24. The van der Waals surface area contributed by atoms with Gasteiger partial charge in [0.25, 0.3) is 10.0 Å². The monoisotopic (exact) mass is 307 g/mol. The Morgan fingerprint density at radius 2 is 2.10 bits per heavy atom. The largest absolute Gasteiger partial charge is 0.356 e. The third kappa shape index (κ3) is 3.24. The van der Waals surface area contributed by atoms with E-state index in [1.807, 2.05) is 0 Å². The minimum absolute atomic E-state index is 0.0413. The van der Waals surface area contributed by atoms with Gasteiger partial charge in [-0.2, -0.15) is 0 Å². The molecule has 1 fully saturated rings. The van der Waals surface area contributed by atoms with Gasteiger partial charge in [-0.25, -0.2) is 8.42 Å².